The van der Waals surface area contributed by atoms with E-state index in [1.54, 1.807) is 11.4 Å². The molecule has 2 radical (unpaired) electrons. The molecule has 0 aliphatic carbocycles. The number of benzene rings is 1. The summed E-state index contributed by atoms with van der Waals surface area (Å²) in [4.78, 5) is 4.15. The average Bonchev–Trinajstić information content (AvgIpc) is 2.75. The van der Waals surface area contributed by atoms with Crippen LogP contribution in [-0.4, -0.2) is 13.0 Å². The first-order valence-corrected chi connectivity index (χ1v) is 6.21. The lowest BCUT2D eigenvalue weighted by Gasteiger charge is -2.15. The first-order valence-electron chi connectivity index (χ1n) is 5.33. The number of halogens is 2. The van der Waals surface area contributed by atoms with Crippen LogP contribution in [-0.2, 0) is 5.67 Å². The van der Waals surface area contributed by atoms with Crippen molar-refractivity contribution in [1.82, 2.24) is 4.98 Å². The molecule has 0 amide bonds. The van der Waals surface area contributed by atoms with Gasteiger partial charge in [0.2, 0.25) is 7.98 Å². The van der Waals surface area contributed by atoms with Crippen molar-refractivity contribution in [2.45, 2.75) is 19.5 Å². The molecule has 1 aromatic carbocycles. The average molecular weight is 264 g/mol. The van der Waals surface area contributed by atoms with E-state index in [-0.39, 0.29) is 5.56 Å². The van der Waals surface area contributed by atoms with Crippen LogP contribution < -0.4 is 5.23 Å². The number of hydrogen-bond donors (Lipinski definition) is 1. The summed E-state index contributed by atoms with van der Waals surface area (Å²) in [6.07, 6.45) is 0. The van der Waals surface area contributed by atoms with Crippen LogP contribution in [0.4, 0.5) is 13.9 Å². The summed E-state index contributed by atoms with van der Waals surface area (Å²) in [5.41, 5.74) is -0.457. The molecule has 2 rings (SSSR count). The van der Waals surface area contributed by atoms with Crippen molar-refractivity contribution in [3.8, 4) is 11.3 Å². The number of thiazole rings is 1. The zero-order valence-electron chi connectivity index (χ0n) is 10.00. The van der Waals surface area contributed by atoms with Gasteiger partial charge in [0.25, 0.3) is 0 Å². The molecule has 1 N–H and O–H groups in total. The largest absolute Gasteiger partial charge is 0.414 e. The van der Waals surface area contributed by atoms with Gasteiger partial charge in [-0.1, -0.05) is 12.1 Å². The maximum absolute atomic E-state index is 13.8. The second kappa shape index (κ2) is 4.68. The third-order valence-corrected chi connectivity index (χ3v) is 3.31. The summed E-state index contributed by atoms with van der Waals surface area (Å²) in [6.45, 7) is 2.65. The van der Waals surface area contributed by atoms with Crippen LogP contribution in [0.1, 0.15) is 19.4 Å². The van der Waals surface area contributed by atoms with Gasteiger partial charge in [0.1, 0.15) is 11.5 Å². The zero-order chi connectivity index (χ0) is 13.3. The van der Waals surface area contributed by atoms with Crippen LogP contribution in [0.5, 0.6) is 0 Å². The number of nitrogens with one attached hydrogen (secondary N) is 1. The van der Waals surface area contributed by atoms with Crippen molar-refractivity contribution in [2.75, 3.05) is 5.23 Å². The van der Waals surface area contributed by atoms with Crippen molar-refractivity contribution >= 4 is 24.4 Å². The molecule has 6 heteroatoms. The first kappa shape index (κ1) is 13.0. The van der Waals surface area contributed by atoms with Crippen LogP contribution in [0.3, 0.4) is 0 Å². The maximum Gasteiger partial charge on any atom is 0.225 e. The van der Waals surface area contributed by atoms with E-state index < -0.39 is 11.5 Å². The summed E-state index contributed by atoms with van der Waals surface area (Å²) < 4.78 is 27.5. The van der Waals surface area contributed by atoms with Crippen molar-refractivity contribution in [1.29, 1.82) is 0 Å². The number of nitrogens with zero attached hydrogens (tertiary/aromatic N) is 1. The van der Waals surface area contributed by atoms with Crippen LogP contribution in [0.15, 0.2) is 23.6 Å². The van der Waals surface area contributed by atoms with Gasteiger partial charge in [-0.05, 0) is 19.9 Å². The molecule has 2 aromatic rings. The van der Waals surface area contributed by atoms with E-state index in [4.69, 9.17) is 7.98 Å². The molecule has 0 aliphatic heterocycles. The Morgan fingerprint density at radius 3 is 2.61 bits per heavy atom. The Labute approximate surface area is 109 Å². The van der Waals surface area contributed by atoms with Gasteiger partial charge in [0.15, 0.2) is 5.13 Å². The molecular weight excluding hydrogens is 253 g/mol. The third-order valence-electron chi connectivity index (χ3n) is 2.53. The minimum atomic E-state index is -1.70. The van der Waals surface area contributed by atoms with Crippen LogP contribution in [0.25, 0.3) is 11.3 Å². The molecule has 18 heavy (non-hydrogen) atoms. The van der Waals surface area contributed by atoms with Crippen molar-refractivity contribution < 1.29 is 8.78 Å². The molecule has 1 heterocycles. The molecule has 0 bridgehead atoms. The summed E-state index contributed by atoms with van der Waals surface area (Å²) in [7, 11) is 5.23. The van der Waals surface area contributed by atoms with Gasteiger partial charge < -0.3 is 5.23 Å². The SMILES string of the molecule is [B]Nc1nc(-c2ccc(C(C)(C)F)c(F)c2)cs1. The number of alkyl halides is 1. The highest BCUT2D eigenvalue weighted by Crippen LogP contribution is 2.31. The summed E-state index contributed by atoms with van der Waals surface area (Å²) in [6, 6.07) is 4.38. The Hall–Kier alpha value is -1.43. The molecular formula is C12H11BF2N2S. The molecule has 0 saturated carbocycles. The van der Waals surface area contributed by atoms with Crippen LogP contribution in [0, 0.1) is 5.82 Å². The quantitative estimate of drug-likeness (QED) is 0.856. The molecule has 1 aromatic heterocycles. The topological polar surface area (TPSA) is 24.9 Å². The normalized spacial score (nSPS) is 11.6. The van der Waals surface area contributed by atoms with Gasteiger partial charge in [-0.25, -0.2) is 13.8 Å². The first-order chi connectivity index (χ1) is 8.41. The molecule has 0 spiro atoms. The zero-order valence-corrected chi connectivity index (χ0v) is 10.8. The van der Waals surface area contributed by atoms with Gasteiger partial charge in [0.05, 0.1) is 5.69 Å². The monoisotopic (exact) mass is 264 g/mol. The second-order valence-electron chi connectivity index (χ2n) is 4.35. The molecule has 0 fully saturated rings. The van der Waals surface area contributed by atoms with E-state index >= 15 is 0 Å². The van der Waals surface area contributed by atoms with Gasteiger partial charge in [-0.3, -0.25) is 0 Å². The Balaban J connectivity index is 2.40. The number of aromatic nitrogens is 1. The van der Waals surface area contributed by atoms with E-state index in [0.717, 1.165) is 0 Å². The highest BCUT2D eigenvalue weighted by molar-refractivity contribution is 7.14. The maximum atomic E-state index is 13.8. The van der Waals surface area contributed by atoms with Gasteiger partial charge in [-0.2, -0.15) is 0 Å². The predicted molar refractivity (Wildman–Crippen MR) is 71.0 cm³/mol. The van der Waals surface area contributed by atoms with E-state index in [1.807, 2.05) is 0 Å². The third kappa shape index (κ3) is 2.53. The Morgan fingerprint density at radius 1 is 1.39 bits per heavy atom. The molecule has 0 saturated heterocycles. The number of hydrogen-bond acceptors (Lipinski definition) is 3. The molecule has 0 atom stereocenters. The minimum Gasteiger partial charge on any atom is -0.414 e. The van der Waals surface area contributed by atoms with Crippen LogP contribution >= 0.6 is 11.3 Å². The molecule has 0 aliphatic rings. The summed E-state index contributed by atoms with van der Waals surface area (Å²) in [5.74, 6) is -0.574. The lowest BCUT2D eigenvalue weighted by Crippen LogP contribution is -2.11. The fourth-order valence-corrected chi connectivity index (χ4v) is 2.26. The van der Waals surface area contributed by atoms with Gasteiger partial charge in [-0.15, -0.1) is 11.3 Å². The van der Waals surface area contributed by atoms with E-state index in [1.165, 1.54) is 37.3 Å². The minimum absolute atomic E-state index is 0.0404. The predicted octanol–water partition coefficient (Wildman–Crippen LogP) is 3.65. The van der Waals surface area contributed by atoms with Crippen molar-refractivity contribution in [3.63, 3.8) is 0 Å². The standard InChI is InChI=1S/C12H11BF2N2S/c1-12(2,15)8-4-3-7(5-9(8)14)10-6-18-11(16-10)17-13/h3-6H,1-2H3,(H,16,17). The number of anilines is 1. The Kier molecular flexibility index (Phi) is 3.39. The van der Waals surface area contributed by atoms with Gasteiger partial charge >= 0.3 is 0 Å². The molecule has 0 unspecified atom stereocenters. The molecule has 92 valence electrons. The highest BCUT2D eigenvalue weighted by Gasteiger charge is 2.23. The summed E-state index contributed by atoms with van der Waals surface area (Å²) in [5, 5.41) is 4.72. The van der Waals surface area contributed by atoms with Gasteiger partial charge in [0, 0.05) is 16.5 Å². The molecule has 2 nitrogen and oxygen atoms in total. The number of rotatable bonds is 3. The van der Waals surface area contributed by atoms with E-state index in [0.29, 0.717) is 16.4 Å². The van der Waals surface area contributed by atoms with Crippen molar-refractivity contribution in [3.05, 3.63) is 35.0 Å². The second-order valence-corrected chi connectivity index (χ2v) is 5.21. The fourth-order valence-electron chi connectivity index (χ4n) is 1.63. The lowest BCUT2D eigenvalue weighted by molar-refractivity contribution is 0.214. The van der Waals surface area contributed by atoms with E-state index in [9.17, 15) is 8.78 Å². The Morgan fingerprint density at radius 2 is 2.11 bits per heavy atom. The smallest absolute Gasteiger partial charge is 0.225 e. The van der Waals surface area contributed by atoms with E-state index in [2.05, 4.69) is 10.2 Å². The highest BCUT2D eigenvalue weighted by atomic mass is 32.1. The lowest BCUT2D eigenvalue weighted by atomic mass is 9.97. The van der Waals surface area contributed by atoms with Crippen molar-refractivity contribution in [2.24, 2.45) is 0 Å². The fraction of sp³-hybridized carbons (Fsp3) is 0.250. The Bertz CT molecular complexity index is 563. The van der Waals surface area contributed by atoms with Crippen LogP contribution in [0.2, 0.25) is 0 Å². The summed E-state index contributed by atoms with van der Waals surface area (Å²) >= 11 is 1.32.